The predicted octanol–water partition coefficient (Wildman–Crippen LogP) is 5.20. The molecule has 1 saturated heterocycles. The van der Waals surface area contributed by atoms with Gasteiger partial charge in [-0.2, -0.15) is 5.26 Å². The van der Waals surface area contributed by atoms with Crippen molar-refractivity contribution in [2.75, 3.05) is 38.2 Å². The van der Waals surface area contributed by atoms with E-state index >= 15 is 0 Å². The van der Waals surface area contributed by atoms with Gasteiger partial charge in [0.15, 0.2) is 11.5 Å². The third kappa shape index (κ3) is 6.30. The average Bonchev–Trinajstić information content (AvgIpc) is 2.95. The first-order chi connectivity index (χ1) is 18.4. The van der Waals surface area contributed by atoms with Gasteiger partial charge in [0.1, 0.15) is 18.2 Å². The van der Waals surface area contributed by atoms with Crippen LogP contribution in [-0.4, -0.2) is 49.0 Å². The van der Waals surface area contributed by atoms with E-state index in [9.17, 15) is 20.2 Å². The average molecular weight is 577 g/mol. The number of non-ortho nitro benzene ring substituents is 1. The van der Waals surface area contributed by atoms with Crippen molar-refractivity contribution < 1.29 is 19.2 Å². The second-order valence-corrected chi connectivity index (χ2v) is 9.39. The number of ether oxygens (including phenoxy) is 2. The molecule has 1 amide bonds. The van der Waals surface area contributed by atoms with Crippen LogP contribution >= 0.6 is 15.9 Å². The highest BCUT2D eigenvalue weighted by molar-refractivity contribution is 9.10. The topological polar surface area (TPSA) is 109 Å². The number of halogens is 1. The van der Waals surface area contributed by atoms with Crippen LogP contribution in [0.4, 0.5) is 11.4 Å². The van der Waals surface area contributed by atoms with Crippen LogP contribution in [0.2, 0.25) is 0 Å². The largest absolute Gasteiger partial charge is 0.493 e. The summed E-state index contributed by atoms with van der Waals surface area (Å²) in [6.07, 6.45) is 1.54. The lowest BCUT2D eigenvalue weighted by Crippen LogP contribution is -2.49. The van der Waals surface area contributed by atoms with Crippen molar-refractivity contribution in [2.24, 2.45) is 0 Å². The Bertz CT molecular complexity index is 1380. The van der Waals surface area contributed by atoms with Gasteiger partial charge in [0.05, 0.1) is 16.5 Å². The molecular weight excluding hydrogens is 552 g/mol. The van der Waals surface area contributed by atoms with Gasteiger partial charge in [-0.15, -0.1) is 0 Å². The maximum absolute atomic E-state index is 13.1. The van der Waals surface area contributed by atoms with Gasteiger partial charge in [-0.05, 0) is 69.5 Å². The van der Waals surface area contributed by atoms with E-state index in [1.165, 1.54) is 19.2 Å². The first kappa shape index (κ1) is 26.7. The van der Waals surface area contributed by atoms with Crippen LogP contribution in [-0.2, 0) is 11.4 Å². The van der Waals surface area contributed by atoms with E-state index in [2.05, 4.69) is 20.8 Å². The minimum absolute atomic E-state index is 0.00423. The molecule has 0 saturated carbocycles. The summed E-state index contributed by atoms with van der Waals surface area (Å²) in [5.74, 6) is 0.535. The second-order valence-electron chi connectivity index (χ2n) is 8.53. The fourth-order valence-electron chi connectivity index (χ4n) is 4.12. The van der Waals surface area contributed by atoms with Gasteiger partial charge >= 0.3 is 0 Å². The number of nitriles is 1. The van der Waals surface area contributed by atoms with Crippen LogP contribution in [0.15, 0.2) is 76.8 Å². The number of carbonyl (C=O) groups is 1. The molecular formula is C28H25BrN4O5. The number of piperazine rings is 1. The number of nitro groups is 1. The first-order valence-corrected chi connectivity index (χ1v) is 12.6. The Morgan fingerprint density at radius 2 is 1.79 bits per heavy atom. The molecule has 38 heavy (non-hydrogen) atoms. The monoisotopic (exact) mass is 576 g/mol. The molecule has 10 heteroatoms. The SMILES string of the molecule is COc1cc(/C=C(/C#N)C(=O)N2CCN(c3ccccc3)CC2)cc(Br)c1OCc1ccc([N+](=O)[O-])cc1. The highest BCUT2D eigenvalue weighted by Gasteiger charge is 2.24. The van der Waals surface area contributed by atoms with E-state index in [1.54, 1.807) is 35.2 Å². The van der Waals surface area contributed by atoms with Gasteiger partial charge in [0.25, 0.3) is 11.6 Å². The predicted molar refractivity (Wildman–Crippen MR) is 147 cm³/mol. The van der Waals surface area contributed by atoms with Gasteiger partial charge in [-0.1, -0.05) is 18.2 Å². The van der Waals surface area contributed by atoms with Crippen LogP contribution in [0.5, 0.6) is 11.5 Å². The molecule has 0 aromatic heterocycles. The zero-order valence-corrected chi connectivity index (χ0v) is 22.3. The first-order valence-electron chi connectivity index (χ1n) is 11.8. The van der Waals surface area contributed by atoms with Crippen molar-refractivity contribution in [1.82, 2.24) is 4.90 Å². The van der Waals surface area contributed by atoms with E-state index < -0.39 is 4.92 Å². The molecule has 3 aromatic carbocycles. The molecule has 0 radical (unpaired) electrons. The van der Waals surface area contributed by atoms with Gasteiger partial charge in [0.2, 0.25) is 0 Å². The summed E-state index contributed by atoms with van der Waals surface area (Å²) in [5, 5.41) is 20.6. The molecule has 0 N–H and O–H groups in total. The summed E-state index contributed by atoms with van der Waals surface area (Å²) in [4.78, 5) is 27.4. The summed E-state index contributed by atoms with van der Waals surface area (Å²) in [5.41, 5.74) is 2.50. The Balaban J connectivity index is 1.45. The Hall–Kier alpha value is -4.36. The fraction of sp³-hybridized carbons (Fsp3) is 0.214. The smallest absolute Gasteiger partial charge is 0.269 e. The van der Waals surface area contributed by atoms with E-state index in [0.29, 0.717) is 47.7 Å². The van der Waals surface area contributed by atoms with Crippen molar-refractivity contribution in [3.8, 4) is 17.6 Å². The normalized spacial score (nSPS) is 13.6. The van der Waals surface area contributed by atoms with Crippen LogP contribution in [0.3, 0.4) is 0 Å². The highest BCUT2D eigenvalue weighted by Crippen LogP contribution is 2.38. The molecule has 9 nitrogen and oxygen atoms in total. The molecule has 0 spiro atoms. The van der Waals surface area contributed by atoms with E-state index in [1.807, 2.05) is 36.4 Å². The molecule has 0 aliphatic carbocycles. The number of para-hydroxylation sites is 1. The van der Waals surface area contributed by atoms with Crippen molar-refractivity contribution in [3.63, 3.8) is 0 Å². The number of hydrogen-bond donors (Lipinski definition) is 0. The zero-order valence-electron chi connectivity index (χ0n) is 20.7. The van der Waals surface area contributed by atoms with Crippen LogP contribution < -0.4 is 14.4 Å². The lowest BCUT2D eigenvalue weighted by atomic mass is 10.1. The Morgan fingerprint density at radius 3 is 2.39 bits per heavy atom. The van der Waals surface area contributed by atoms with E-state index in [0.717, 1.165) is 11.3 Å². The summed E-state index contributed by atoms with van der Waals surface area (Å²) >= 11 is 3.49. The number of methoxy groups -OCH3 is 1. The second kappa shape index (κ2) is 12.3. The molecule has 3 aromatic rings. The number of amides is 1. The Labute approximate surface area is 228 Å². The fourth-order valence-corrected chi connectivity index (χ4v) is 4.69. The third-order valence-electron chi connectivity index (χ3n) is 6.13. The highest BCUT2D eigenvalue weighted by atomic mass is 79.9. The molecule has 1 fully saturated rings. The summed E-state index contributed by atoms with van der Waals surface area (Å²) in [7, 11) is 1.50. The maximum Gasteiger partial charge on any atom is 0.269 e. The van der Waals surface area contributed by atoms with Crippen LogP contribution in [0, 0.1) is 21.4 Å². The zero-order chi connectivity index (χ0) is 27.1. The number of rotatable bonds is 8. The van der Waals surface area contributed by atoms with Gasteiger partial charge in [-0.25, -0.2) is 0 Å². The number of carbonyl (C=O) groups excluding carboxylic acids is 1. The number of anilines is 1. The number of benzene rings is 3. The van der Waals surface area contributed by atoms with Gasteiger partial charge in [-0.3, -0.25) is 14.9 Å². The minimum Gasteiger partial charge on any atom is -0.493 e. The summed E-state index contributed by atoms with van der Waals surface area (Å²) < 4.78 is 12.0. The molecule has 0 atom stereocenters. The molecule has 1 aliphatic heterocycles. The lowest BCUT2D eigenvalue weighted by Gasteiger charge is -2.36. The third-order valence-corrected chi connectivity index (χ3v) is 6.72. The Morgan fingerprint density at radius 1 is 1.11 bits per heavy atom. The molecule has 0 bridgehead atoms. The van der Waals surface area contributed by atoms with Gasteiger partial charge in [0, 0.05) is 44.0 Å². The van der Waals surface area contributed by atoms with Crippen molar-refractivity contribution in [3.05, 3.63) is 98.0 Å². The molecule has 1 aliphatic rings. The summed E-state index contributed by atoms with van der Waals surface area (Å²) in [6, 6.07) is 21.6. The van der Waals surface area contributed by atoms with Crippen LogP contribution in [0.1, 0.15) is 11.1 Å². The van der Waals surface area contributed by atoms with E-state index in [4.69, 9.17) is 9.47 Å². The Kier molecular flexibility index (Phi) is 8.61. The molecule has 4 rings (SSSR count). The minimum atomic E-state index is -0.457. The van der Waals surface area contributed by atoms with Crippen molar-refractivity contribution in [1.29, 1.82) is 5.26 Å². The standard InChI is InChI=1S/C28H25BrN4O5/c1-37-26-17-21(16-25(29)27(26)38-19-20-7-9-24(10-8-20)33(35)36)15-22(18-30)28(34)32-13-11-31(12-14-32)23-5-3-2-4-6-23/h2-10,15-17H,11-14,19H2,1H3/b22-15-. The quantitative estimate of drug-likeness (QED) is 0.157. The van der Waals surface area contributed by atoms with E-state index in [-0.39, 0.29) is 23.8 Å². The maximum atomic E-state index is 13.1. The summed E-state index contributed by atoms with van der Waals surface area (Å²) in [6.45, 7) is 2.59. The van der Waals surface area contributed by atoms with Crippen LogP contribution in [0.25, 0.3) is 6.08 Å². The molecule has 1 heterocycles. The lowest BCUT2D eigenvalue weighted by molar-refractivity contribution is -0.384. The van der Waals surface area contributed by atoms with Gasteiger partial charge < -0.3 is 19.3 Å². The number of nitro benzene ring substituents is 1. The number of hydrogen-bond acceptors (Lipinski definition) is 7. The molecule has 0 unspecified atom stereocenters. The molecule has 194 valence electrons. The van der Waals surface area contributed by atoms with Crippen molar-refractivity contribution >= 4 is 39.3 Å². The van der Waals surface area contributed by atoms with Crippen molar-refractivity contribution in [2.45, 2.75) is 6.61 Å². The number of nitrogens with zero attached hydrogens (tertiary/aromatic N) is 4.